The van der Waals surface area contributed by atoms with Crippen LogP contribution in [0.25, 0.3) is 0 Å². The molecule has 0 amide bonds. The summed E-state index contributed by atoms with van der Waals surface area (Å²) >= 11 is 3.24. The lowest BCUT2D eigenvalue weighted by atomic mass is 10.2. The fourth-order valence-electron chi connectivity index (χ4n) is 1.63. The summed E-state index contributed by atoms with van der Waals surface area (Å²) in [6.07, 6.45) is 3.07. The van der Waals surface area contributed by atoms with Crippen molar-refractivity contribution < 1.29 is 8.42 Å². The zero-order valence-electron chi connectivity index (χ0n) is 10.9. The van der Waals surface area contributed by atoms with Gasteiger partial charge in [-0.25, -0.2) is 22.7 Å². The molecule has 0 spiro atoms. The molecule has 0 N–H and O–H groups in total. The third kappa shape index (κ3) is 3.55. The molecule has 1 aromatic heterocycles. The van der Waals surface area contributed by atoms with Gasteiger partial charge in [0.25, 0.3) is 0 Å². The van der Waals surface area contributed by atoms with Crippen LogP contribution in [0.15, 0.2) is 47.2 Å². The van der Waals surface area contributed by atoms with E-state index in [1.807, 2.05) is 30.3 Å². The van der Waals surface area contributed by atoms with Crippen molar-refractivity contribution in [3.8, 4) is 0 Å². The molecule has 0 aliphatic rings. The molecule has 1 heterocycles. The molecule has 5 nitrogen and oxygen atoms in total. The van der Waals surface area contributed by atoms with Gasteiger partial charge >= 0.3 is 0 Å². The van der Waals surface area contributed by atoms with Crippen LogP contribution in [-0.4, -0.2) is 24.1 Å². The van der Waals surface area contributed by atoms with Gasteiger partial charge in [0.1, 0.15) is 0 Å². The van der Waals surface area contributed by atoms with Crippen LogP contribution < -0.4 is 4.31 Å². The highest BCUT2D eigenvalue weighted by atomic mass is 79.9. The monoisotopic (exact) mass is 355 g/mol. The third-order valence-electron chi connectivity index (χ3n) is 2.70. The molecule has 106 valence electrons. The van der Waals surface area contributed by atoms with E-state index in [4.69, 9.17) is 0 Å². The molecular formula is C13H14BrN3O2S. The van der Waals surface area contributed by atoms with E-state index >= 15 is 0 Å². The van der Waals surface area contributed by atoms with E-state index in [1.54, 1.807) is 6.92 Å². The fourth-order valence-corrected chi connectivity index (χ4v) is 2.84. The molecule has 0 radical (unpaired) electrons. The first-order valence-electron chi connectivity index (χ1n) is 6.05. The SMILES string of the molecule is CCS(=O)(=O)N(Cc1ccccc1)c1ncc(Br)cn1. The van der Waals surface area contributed by atoms with Gasteiger partial charge in [0, 0.05) is 12.4 Å². The molecule has 7 heteroatoms. The van der Waals surface area contributed by atoms with Crippen LogP contribution >= 0.6 is 15.9 Å². The summed E-state index contributed by atoms with van der Waals surface area (Å²) in [4.78, 5) is 8.16. The first-order chi connectivity index (χ1) is 9.53. The van der Waals surface area contributed by atoms with Crippen LogP contribution in [0, 0.1) is 0 Å². The van der Waals surface area contributed by atoms with E-state index in [2.05, 4.69) is 25.9 Å². The molecule has 0 unspecified atom stereocenters. The Bertz CT molecular complexity index is 660. The Morgan fingerprint density at radius 2 is 1.75 bits per heavy atom. The summed E-state index contributed by atoms with van der Waals surface area (Å²) in [5.74, 6) is 0.179. The van der Waals surface area contributed by atoms with Gasteiger partial charge in [0.05, 0.1) is 16.8 Å². The number of rotatable bonds is 5. The number of hydrogen-bond acceptors (Lipinski definition) is 4. The van der Waals surface area contributed by atoms with Gasteiger partial charge in [0.15, 0.2) is 0 Å². The predicted octanol–water partition coefficient (Wildman–Crippen LogP) is 2.60. The molecule has 2 rings (SSSR count). The lowest BCUT2D eigenvalue weighted by molar-refractivity contribution is 0.590. The summed E-state index contributed by atoms with van der Waals surface area (Å²) in [5, 5.41) is 0. The summed E-state index contributed by atoms with van der Waals surface area (Å²) in [7, 11) is -3.43. The van der Waals surface area contributed by atoms with Crippen molar-refractivity contribution in [3.05, 3.63) is 52.8 Å². The van der Waals surface area contributed by atoms with Gasteiger partial charge in [-0.1, -0.05) is 30.3 Å². The van der Waals surface area contributed by atoms with Crippen molar-refractivity contribution in [2.24, 2.45) is 0 Å². The number of anilines is 1. The summed E-state index contributed by atoms with van der Waals surface area (Å²) in [5.41, 5.74) is 0.885. The standard InChI is InChI=1S/C13H14BrN3O2S/c1-2-20(18,19)17(10-11-6-4-3-5-7-11)13-15-8-12(14)9-16-13/h3-9H,2,10H2,1H3. The minimum atomic E-state index is -3.43. The second kappa shape index (κ2) is 6.32. The quantitative estimate of drug-likeness (QED) is 0.826. The second-order valence-corrected chi connectivity index (χ2v) is 7.19. The van der Waals surface area contributed by atoms with Crippen molar-refractivity contribution in [2.75, 3.05) is 10.1 Å². The molecular weight excluding hydrogens is 342 g/mol. The minimum absolute atomic E-state index is 0.000737. The van der Waals surface area contributed by atoms with Gasteiger partial charge in [-0.05, 0) is 28.4 Å². The normalized spacial score (nSPS) is 11.3. The van der Waals surface area contributed by atoms with E-state index in [9.17, 15) is 8.42 Å². The Balaban J connectivity index is 2.38. The molecule has 0 fully saturated rings. The topological polar surface area (TPSA) is 63.2 Å². The number of nitrogens with zero attached hydrogens (tertiary/aromatic N) is 3. The van der Waals surface area contributed by atoms with Crippen LogP contribution in [0.1, 0.15) is 12.5 Å². The first-order valence-corrected chi connectivity index (χ1v) is 8.45. The first kappa shape index (κ1) is 14.9. The molecule has 2 aromatic rings. The van der Waals surface area contributed by atoms with Crippen LogP contribution in [0.2, 0.25) is 0 Å². The summed E-state index contributed by atoms with van der Waals surface area (Å²) < 4.78 is 26.4. The van der Waals surface area contributed by atoms with Gasteiger partial charge in [0.2, 0.25) is 16.0 Å². The highest BCUT2D eigenvalue weighted by molar-refractivity contribution is 9.10. The van der Waals surface area contributed by atoms with Crippen molar-refractivity contribution in [2.45, 2.75) is 13.5 Å². The fraction of sp³-hybridized carbons (Fsp3) is 0.231. The van der Waals surface area contributed by atoms with Gasteiger partial charge in [-0.3, -0.25) is 0 Å². The van der Waals surface area contributed by atoms with E-state index in [0.29, 0.717) is 4.47 Å². The maximum absolute atomic E-state index is 12.2. The Kier molecular flexibility index (Phi) is 4.72. The Morgan fingerprint density at radius 3 is 2.30 bits per heavy atom. The molecule has 0 aliphatic heterocycles. The van der Waals surface area contributed by atoms with Crippen molar-refractivity contribution >= 4 is 31.9 Å². The van der Waals surface area contributed by atoms with Gasteiger partial charge < -0.3 is 0 Å². The smallest absolute Gasteiger partial charge is 0.233 e. The lowest BCUT2D eigenvalue weighted by Gasteiger charge is -2.21. The van der Waals surface area contributed by atoms with E-state index in [-0.39, 0.29) is 18.2 Å². The Hall–Kier alpha value is -1.47. The zero-order chi connectivity index (χ0) is 14.6. The zero-order valence-corrected chi connectivity index (χ0v) is 13.3. The Morgan fingerprint density at radius 1 is 1.15 bits per heavy atom. The average Bonchev–Trinajstić information content (AvgIpc) is 2.47. The van der Waals surface area contributed by atoms with E-state index in [0.717, 1.165) is 5.56 Å². The second-order valence-electron chi connectivity index (χ2n) is 4.09. The summed E-state index contributed by atoms with van der Waals surface area (Å²) in [6.45, 7) is 1.82. The van der Waals surface area contributed by atoms with Crippen LogP contribution in [-0.2, 0) is 16.6 Å². The maximum atomic E-state index is 12.2. The summed E-state index contributed by atoms with van der Waals surface area (Å²) in [6, 6.07) is 9.37. The molecule has 0 atom stereocenters. The van der Waals surface area contributed by atoms with Crippen LogP contribution in [0.5, 0.6) is 0 Å². The minimum Gasteiger partial charge on any atom is -0.233 e. The number of benzene rings is 1. The maximum Gasteiger partial charge on any atom is 0.239 e. The molecule has 0 saturated heterocycles. The number of aromatic nitrogens is 2. The van der Waals surface area contributed by atoms with Crippen molar-refractivity contribution in [1.29, 1.82) is 0 Å². The molecule has 0 aliphatic carbocycles. The highest BCUT2D eigenvalue weighted by Gasteiger charge is 2.23. The van der Waals surface area contributed by atoms with Crippen molar-refractivity contribution in [1.82, 2.24) is 9.97 Å². The average molecular weight is 356 g/mol. The molecule has 0 bridgehead atoms. The number of sulfonamides is 1. The molecule has 1 aromatic carbocycles. The van der Waals surface area contributed by atoms with E-state index in [1.165, 1.54) is 16.7 Å². The molecule has 20 heavy (non-hydrogen) atoms. The van der Waals surface area contributed by atoms with Crippen LogP contribution in [0.4, 0.5) is 5.95 Å². The lowest BCUT2D eigenvalue weighted by Crippen LogP contribution is -2.33. The number of halogens is 1. The van der Waals surface area contributed by atoms with Gasteiger partial charge in [-0.2, -0.15) is 0 Å². The third-order valence-corrected chi connectivity index (χ3v) is 4.80. The number of hydrogen-bond donors (Lipinski definition) is 0. The molecule has 0 saturated carbocycles. The van der Waals surface area contributed by atoms with Gasteiger partial charge in [-0.15, -0.1) is 0 Å². The van der Waals surface area contributed by atoms with Crippen molar-refractivity contribution in [3.63, 3.8) is 0 Å². The highest BCUT2D eigenvalue weighted by Crippen LogP contribution is 2.18. The van der Waals surface area contributed by atoms with E-state index < -0.39 is 10.0 Å². The largest absolute Gasteiger partial charge is 0.239 e. The predicted molar refractivity (Wildman–Crippen MR) is 81.8 cm³/mol. The van der Waals surface area contributed by atoms with Crippen LogP contribution in [0.3, 0.4) is 0 Å². The Labute approximate surface area is 126 Å².